The van der Waals surface area contributed by atoms with Gasteiger partial charge in [0.2, 0.25) is 11.8 Å². The molecule has 1 aliphatic carbocycles. The molecule has 0 bridgehead atoms. The Morgan fingerprint density at radius 1 is 1.06 bits per heavy atom. The second kappa shape index (κ2) is 4.63. The minimum absolute atomic E-state index is 0.0209. The standard InChI is InChI=1S/C13H21NO2S/c1-13(2)9-10(13)12(16)14(11(9)15)7-5-3-4-6-8-17/h9-10,17H,3-8H2,1-2H3. The van der Waals surface area contributed by atoms with Gasteiger partial charge in [0.05, 0.1) is 11.8 Å². The van der Waals surface area contributed by atoms with E-state index in [-0.39, 0.29) is 29.1 Å². The molecule has 0 radical (unpaired) electrons. The molecule has 3 nitrogen and oxygen atoms in total. The normalized spacial score (nSPS) is 29.7. The summed E-state index contributed by atoms with van der Waals surface area (Å²) in [6.07, 6.45) is 4.27. The molecule has 1 heterocycles. The summed E-state index contributed by atoms with van der Waals surface area (Å²) in [5.74, 6) is 1.01. The Hall–Kier alpha value is -0.510. The van der Waals surface area contributed by atoms with Crippen molar-refractivity contribution >= 4 is 24.4 Å². The molecular formula is C13H21NO2S. The predicted molar refractivity (Wildman–Crippen MR) is 69.8 cm³/mol. The fourth-order valence-corrected chi connectivity index (χ4v) is 3.18. The summed E-state index contributed by atoms with van der Waals surface area (Å²) in [5.41, 5.74) is -0.0727. The molecule has 1 aliphatic heterocycles. The lowest BCUT2D eigenvalue weighted by Gasteiger charge is -2.20. The molecule has 1 saturated heterocycles. The molecule has 0 aromatic rings. The zero-order chi connectivity index (χ0) is 12.6. The number of thiol groups is 1. The number of imide groups is 1. The number of amides is 2. The SMILES string of the molecule is CC1(C)C2C(=O)N(CCCCCCS)C(=O)C21. The maximum atomic E-state index is 12.0. The first kappa shape index (κ1) is 12.9. The fourth-order valence-electron chi connectivity index (χ4n) is 2.96. The van der Waals surface area contributed by atoms with Gasteiger partial charge in [0, 0.05) is 6.54 Å². The van der Waals surface area contributed by atoms with Crippen LogP contribution in [0.25, 0.3) is 0 Å². The molecule has 2 atom stereocenters. The maximum Gasteiger partial charge on any atom is 0.233 e. The van der Waals surface area contributed by atoms with Gasteiger partial charge in [-0.05, 0) is 24.0 Å². The average Bonchev–Trinajstić information content (AvgIpc) is 2.74. The van der Waals surface area contributed by atoms with Gasteiger partial charge in [-0.2, -0.15) is 12.6 Å². The molecule has 96 valence electrons. The summed E-state index contributed by atoms with van der Waals surface area (Å²) in [5, 5.41) is 0. The van der Waals surface area contributed by atoms with Crippen LogP contribution in [0.5, 0.6) is 0 Å². The van der Waals surface area contributed by atoms with Crippen LogP contribution in [0.15, 0.2) is 0 Å². The predicted octanol–water partition coefficient (Wildman–Crippen LogP) is 2.12. The number of hydrogen-bond acceptors (Lipinski definition) is 3. The fraction of sp³-hybridized carbons (Fsp3) is 0.846. The third-order valence-corrected chi connectivity index (χ3v) is 4.50. The first-order valence-corrected chi connectivity index (χ1v) is 7.11. The summed E-state index contributed by atoms with van der Waals surface area (Å²) in [4.78, 5) is 25.5. The summed E-state index contributed by atoms with van der Waals surface area (Å²) in [7, 11) is 0. The van der Waals surface area contributed by atoms with Crippen molar-refractivity contribution in [1.82, 2.24) is 4.90 Å². The van der Waals surface area contributed by atoms with Crippen LogP contribution in [0.3, 0.4) is 0 Å². The molecule has 4 heteroatoms. The van der Waals surface area contributed by atoms with E-state index in [1.165, 1.54) is 4.90 Å². The highest BCUT2D eigenvalue weighted by molar-refractivity contribution is 7.80. The minimum atomic E-state index is -0.0727. The average molecular weight is 255 g/mol. The Morgan fingerprint density at radius 2 is 1.59 bits per heavy atom. The maximum absolute atomic E-state index is 12.0. The van der Waals surface area contributed by atoms with Gasteiger partial charge in [-0.15, -0.1) is 0 Å². The third kappa shape index (κ3) is 2.12. The van der Waals surface area contributed by atoms with Crippen molar-refractivity contribution in [2.24, 2.45) is 17.3 Å². The van der Waals surface area contributed by atoms with E-state index in [9.17, 15) is 9.59 Å². The van der Waals surface area contributed by atoms with Gasteiger partial charge in [-0.25, -0.2) is 0 Å². The number of nitrogens with zero attached hydrogens (tertiary/aromatic N) is 1. The van der Waals surface area contributed by atoms with Gasteiger partial charge in [0.25, 0.3) is 0 Å². The summed E-state index contributed by atoms with van der Waals surface area (Å²) in [6, 6.07) is 0. The molecule has 0 N–H and O–H groups in total. The number of carbonyl (C=O) groups is 2. The lowest BCUT2D eigenvalue weighted by Crippen LogP contribution is -2.36. The largest absolute Gasteiger partial charge is 0.282 e. The summed E-state index contributed by atoms with van der Waals surface area (Å²) in [6.45, 7) is 4.65. The van der Waals surface area contributed by atoms with Gasteiger partial charge in [0.1, 0.15) is 0 Å². The molecule has 2 amide bonds. The number of unbranched alkanes of at least 4 members (excludes halogenated alkanes) is 3. The Labute approximate surface area is 108 Å². The van der Waals surface area contributed by atoms with E-state index in [1.54, 1.807) is 0 Å². The molecule has 0 aromatic heterocycles. The molecule has 2 fully saturated rings. The second-order valence-electron chi connectivity index (χ2n) is 5.74. The molecule has 2 aliphatic rings. The number of carbonyl (C=O) groups excluding carboxylic acids is 2. The lowest BCUT2D eigenvalue weighted by molar-refractivity contribution is -0.143. The van der Waals surface area contributed by atoms with E-state index in [4.69, 9.17) is 0 Å². The number of rotatable bonds is 6. The molecule has 2 unspecified atom stereocenters. The van der Waals surface area contributed by atoms with E-state index in [1.807, 2.05) is 13.8 Å². The number of hydrogen-bond donors (Lipinski definition) is 1. The van der Waals surface area contributed by atoms with Crippen LogP contribution in [0.1, 0.15) is 39.5 Å². The molecular weight excluding hydrogens is 234 g/mol. The first-order valence-electron chi connectivity index (χ1n) is 6.48. The van der Waals surface area contributed by atoms with E-state index in [2.05, 4.69) is 12.6 Å². The smallest absolute Gasteiger partial charge is 0.233 e. The van der Waals surface area contributed by atoms with Crippen LogP contribution in [0.4, 0.5) is 0 Å². The van der Waals surface area contributed by atoms with Gasteiger partial charge in [-0.3, -0.25) is 14.5 Å². The monoisotopic (exact) mass is 255 g/mol. The first-order chi connectivity index (χ1) is 8.01. The van der Waals surface area contributed by atoms with Crippen molar-refractivity contribution in [3.05, 3.63) is 0 Å². The topological polar surface area (TPSA) is 37.4 Å². The van der Waals surface area contributed by atoms with Crippen LogP contribution in [-0.4, -0.2) is 29.0 Å². The Balaban J connectivity index is 1.77. The minimum Gasteiger partial charge on any atom is -0.282 e. The zero-order valence-electron chi connectivity index (χ0n) is 10.6. The molecule has 17 heavy (non-hydrogen) atoms. The van der Waals surface area contributed by atoms with Crippen LogP contribution in [0, 0.1) is 17.3 Å². The third-order valence-electron chi connectivity index (χ3n) is 4.18. The molecule has 0 spiro atoms. The Bertz CT molecular complexity index is 316. The summed E-state index contributed by atoms with van der Waals surface area (Å²) < 4.78 is 0. The van der Waals surface area contributed by atoms with Crippen molar-refractivity contribution in [2.45, 2.75) is 39.5 Å². The highest BCUT2D eigenvalue weighted by atomic mass is 32.1. The van der Waals surface area contributed by atoms with E-state index in [0.717, 1.165) is 31.4 Å². The Kier molecular flexibility index (Phi) is 3.53. The molecule has 0 aromatic carbocycles. The van der Waals surface area contributed by atoms with Crippen molar-refractivity contribution in [2.75, 3.05) is 12.3 Å². The van der Waals surface area contributed by atoms with Crippen LogP contribution >= 0.6 is 12.6 Å². The summed E-state index contributed by atoms with van der Waals surface area (Å²) >= 11 is 4.16. The zero-order valence-corrected chi connectivity index (χ0v) is 11.5. The molecule has 1 saturated carbocycles. The van der Waals surface area contributed by atoms with Crippen LogP contribution in [0.2, 0.25) is 0 Å². The Morgan fingerprint density at radius 3 is 2.12 bits per heavy atom. The van der Waals surface area contributed by atoms with Crippen molar-refractivity contribution < 1.29 is 9.59 Å². The van der Waals surface area contributed by atoms with Gasteiger partial charge < -0.3 is 0 Å². The number of fused-ring (bicyclic) bond motifs is 1. The highest BCUT2D eigenvalue weighted by Gasteiger charge is 2.72. The second-order valence-corrected chi connectivity index (χ2v) is 6.19. The van der Waals surface area contributed by atoms with Crippen LogP contribution in [-0.2, 0) is 9.59 Å². The highest BCUT2D eigenvalue weighted by Crippen LogP contribution is 2.63. The molecule has 2 rings (SSSR count). The van der Waals surface area contributed by atoms with Crippen molar-refractivity contribution in [1.29, 1.82) is 0 Å². The van der Waals surface area contributed by atoms with Gasteiger partial charge in [-0.1, -0.05) is 26.7 Å². The van der Waals surface area contributed by atoms with Gasteiger partial charge in [0.15, 0.2) is 0 Å². The quantitative estimate of drug-likeness (QED) is 0.448. The van der Waals surface area contributed by atoms with Crippen LogP contribution < -0.4 is 0 Å². The van der Waals surface area contributed by atoms with E-state index < -0.39 is 0 Å². The van der Waals surface area contributed by atoms with Crippen molar-refractivity contribution in [3.8, 4) is 0 Å². The number of piperidine rings is 1. The number of likely N-dealkylation sites (tertiary alicyclic amines) is 1. The van der Waals surface area contributed by atoms with Gasteiger partial charge >= 0.3 is 0 Å². The lowest BCUT2D eigenvalue weighted by atomic mass is 10.1. The van der Waals surface area contributed by atoms with E-state index >= 15 is 0 Å². The van der Waals surface area contributed by atoms with E-state index in [0.29, 0.717) is 6.54 Å². The van der Waals surface area contributed by atoms with Crippen molar-refractivity contribution in [3.63, 3.8) is 0 Å².